The summed E-state index contributed by atoms with van der Waals surface area (Å²) in [5.41, 5.74) is 0.0728. The molecule has 5 nitrogen and oxygen atoms in total. The number of aliphatic hydroxyl groups is 1. The summed E-state index contributed by atoms with van der Waals surface area (Å²) in [5.74, 6) is 1.43. The zero-order chi connectivity index (χ0) is 15.6. The van der Waals surface area contributed by atoms with Crippen LogP contribution < -0.4 is 9.47 Å². The van der Waals surface area contributed by atoms with Crippen LogP contribution in [0.25, 0.3) is 0 Å². The van der Waals surface area contributed by atoms with Crippen molar-refractivity contribution in [3.05, 3.63) is 23.8 Å². The van der Waals surface area contributed by atoms with E-state index in [9.17, 15) is 5.11 Å². The Bertz CT molecular complexity index is 483. The fourth-order valence-corrected chi connectivity index (χ4v) is 3.43. The number of benzene rings is 1. The second-order valence-corrected chi connectivity index (χ2v) is 6.19. The molecule has 0 aliphatic carbocycles. The summed E-state index contributed by atoms with van der Waals surface area (Å²) in [4.78, 5) is 2.44. The zero-order valence-electron chi connectivity index (χ0n) is 13.4. The van der Waals surface area contributed by atoms with E-state index in [0.717, 1.165) is 62.6 Å². The first-order chi connectivity index (χ1) is 10.6. The summed E-state index contributed by atoms with van der Waals surface area (Å²) in [6.45, 7) is 3.47. The molecule has 22 heavy (non-hydrogen) atoms. The molecule has 0 spiro atoms. The summed E-state index contributed by atoms with van der Waals surface area (Å²) in [5, 5.41) is 11.1. The van der Waals surface area contributed by atoms with Crippen LogP contribution in [-0.4, -0.2) is 56.6 Å². The quantitative estimate of drug-likeness (QED) is 0.919. The van der Waals surface area contributed by atoms with Crippen LogP contribution in [0.15, 0.2) is 18.2 Å². The highest BCUT2D eigenvalue weighted by Crippen LogP contribution is 2.37. The normalized spacial score (nSPS) is 25.1. The molecule has 5 heteroatoms. The van der Waals surface area contributed by atoms with E-state index >= 15 is 0 Å². The second-order valence-electron chi connectivity index (χ2n) is 6.19. The van der Waals surface area contributed by atoms with Crippen LogP contribution in [0.3, 0.4) is 0 Å². The minimum absolute atomic E-state index is 0.518. The van der Waals surface area contributed by atoms with Gasteiger partial charge in [-0.1, -0.05) is 0 Å². The van der Waals surface area contributed by atoms with Crippen LogP contribution in [0, 0.1) is 0 Å². The van der Waals surface area contributed by atoms with Gasteiger partial charge in [-0.3, -0.25) is 4.90 Å². The molecule has 0 bridgehead atoms. The fourth-order valence-electron chi connectivity index (χ4n) is 3.43. The minimum atomic E-state index is -0.808. The molecule has 2 aliphatic heterocycles. The van der Waals surface area contributed by atoms with Gasteiger partial charge in [-0.05, 0) is 37.0 Å². The molecule has 2 saturated heterocycles. The Hall–Kier alpha value is -1.30. The van der Waals surface area contributed by atoms with E-state index in [2.05, 4.69) is 4.90 Å². The first-order valence-corrected chi connectivity index (χ1v) is 7.92. The van der Waals surface area contributed by atoms with Gasteiger partial charge in [0.1, 0.15) is 11.5 Å². The summed E-state index contributed by atoms with van der Waals surface area (Å²) >= 11 is 0. The van der Waals surface area contributed by atoms with Gasteiger partial charge in [-0.2, -0.15) is 0 Å². The van der Waals surface area contributed by atoms with E-state index in [4.69, 9.17) is 14.2 Å². The molecule has 0 aromatic heterocycles. The average molecular weight is 307 g/mol. The Kier molecular flexibility index (Phi) is 4.57. The van der Waals surface area contributed by atoms with Crippen molar-refractivity contribution in [2.24, 2.45) is 0 Å². The molecule has 122 valence electrons. The Morgan fingerprint density at radius 1 is 1.14 bits per heavy atom. The summed E-state index contributed by atoms with van der Waals surface area (Å²) < 4.78 is 16.1. The van der Waals surface area contributed by atoms with Gasteiger partial charge in [0, 0.05) is 31.8 Å². The van der Waals surface area contributed by atoms with Crippen LogP contribution in [0.5, 0.6) is 11.5 Å². The fraction of sp³-hybridized carbons (Fsp3) is 0.647. The Balaban J connectivity index is 1.74. The maximum absolute atomic E-state index is 11.1. The van der Waals surface area contributed by atoms with Crippen molar-refractivity contribution in [1.29, 1.82) is 0 Å². The third-order valence-electron chi connectivity index (χ3n) is 4.94. The lowest BCUT2D eigenvalue weighted by molar-refractivity contribution is -0.0365. The number of methoxy groups -OCH3 is 2. The monoisotopic (exact) mass is 307 g/mol. The van der Waals surface area contributed by atoms with Gasteiger partial charge in [-0.25, -0.2) is 0 Å². The highest BCUT2D eigenvalue weighted by molar-refractivity contribution is 5.41. The van der Waals surface area contributed by atoms with Crippen molar-refractivity contribution in [2.75, 3.05) is 40.5 Å². The van der Waals surface area contributed by atoms with Crippen molar-refractivity contribution >= 4 is 0 Å². The SMILES string of the molecule is COc1cc(OC)cc(C2(O)CCN(C3CCOC3)CC2)c1. The van der Waals surface area contributed by atoms with E-state index in [1.165, 1.54) is 0 Å². The van der Waals surface area contributed by atoms with E-state index in [0.29, 0.717) is 6.04 Å². The number of nitrogens with zero attached hydrogens (tertiary/aromatic N) is 1. The number of hydrogen-bond acceptors (Lipinski definition) is 5. The smallest absolute Gasteiger partial charge is 0.122 e. The van der Waals surface area contributed by atoms with Crippen LogP contribution in [0.2, 0.25) is 0 Å². The topological polar surface area (TPSA) is 51.2 Å². The third kappa shape index (κ3) is 3.07. The number of rotatable bonds is 4. The molecule has 0 amide bonds. The Morgan fingerprint density at radius 3 is 2.27 bits per heavy atom. The highest BCUT2D eigenvalue weighted by atomic mass is 16.5. The van der Waals surface area contributed by atoms with E-state index in [1.807, 2.05) is 18.2 Å². The molecule has 2 heterocycles. The Labute approximate surface area is 131 Å². The molecule has 3 rings (SSSR count). The van der Waals surface area contributed by atoms with E-state index < -0.39 is 5.60 Å². The lowest BCUT2D eigenvalue weighted by atomic mass is 9.83. The Morgan fingerprint density at radius 2 is 1.77 bits per heavy atom. The summed E-state index contributed by atoms with van der Waals surface area (Å²) in [6, 6.07) is 6.18. The number of hydrogen-bond donors (Lipinski definition) is 1. The lowest BCUT2D eigenvalue weighted by Crippen LogP contribution is -2.47. The lowest BCUT2D eigenvalue weighted by Gasteiger charge is -2.40. The third-order valence-corrected chi connectivity index (χ3v) is 4.94. The van der Waals surface area contributed by atoms with Crippen molar-refractivity contribution in [3.63, 3.8) is 0 Å². The van der Waals surface area contributed by atoms with Gasteiger partial charge in [0.05, 0.1) is 26.4 Å². The predicted octanol–water partition coefficient (Wildman–Crippen LogP) is 1.78. The highest BCUT2D eigenvalue weighted by Gasteiger charge is 2.37. The molecule has 1 aromatic rings. The van der Waals surface area contributed by atoms with Crippen LogP contribution >= 0.6 is 0 Å². The molecule has 1 N–H and O–H groups in total. The maximum Gasteiger partial charge on any atom is 0.122 e. The first-order valence-electron chi connectivity index (χ1n) is 7.92. The van der Waals surface area contributed by atoms with Crippen LogP contribution in [0.1, 0.15) is 24.8 Å². The van der Waals surface area contributed by atoms with Gasteiger partial charge in [0.2, 0.25) is 0 Å². The van der Waals surface area contributed by atoms with Crippen molar-refractivity contribution in [2.45, 2.75) is 30.9 Å². The van der Waals surface area contributed by atoms with Gasteiger partial charge in [-0.15, -0.1) is 0 Å². The molecular weight excluding hydrogens is 282 g/mol. The van der Waals surface area contributed by atoms with Crippen molar-refractivity contribution in [3.8, 4) is 11.5 Å². The van der Waals surface area contributed by atoms with Gasteiger partial charge in [0.15, 0.2) is 0 Å². The summed E-state index contributed by atoms with van der Waals surface area (Å²) in [6.07, 6.45) is 2.55. The maximum atomic E-state index is 11.1. The molecule has 1 unspecified atom stereocenters. The van der Waals surface area contributed by atoms with Gasteiger partial charge < -0.3 is 19.3 Å². The summed E-state index contributed by atoms with van der Waals surface area (Å²) in [7, 11) is 3.26. The predicted molar refractivity (Wildman–Crippen MR) is 83.5 cm³/mol. The molecule has 0 saturated carbocycles. The molecule has 1 atom stereocenters. The first kappa shape index (κ1) is 15.6. The molecule has 1 aromatic carbocycles. The van der Waals surface area contributed by atoms with Crippen LogP contribution in [-0.2, 0) is 10.3 Å². The zero-order valence-corrected chi connectivity index (χ0v) is 13.4. The van der Waals surface area contributed by atoms with Crippen molar-refractivity contribution < 1.29 is 19.3 Å². The second kappa shape index (κ2) is 6.44. The molecular formula is C17H25NO4. The average Bonchev–Trinajstić information content (AvgIpc) is 3.09. The van der Waals surface area contributed by atoms with Gasteiger partial charge in [0.25, 0.3) is 0 Å². The van der Waals surface area contributed by atoms with E-state index in [-0.39, 0.29) is 0 Å². The van der Waals surface area contributed by atoms with Gasteiger partial charge >= 0.3 is 0 Å². The van der Waals surface area contributed by atoms with Crippen LogP contribution in [0.4, 0.5) is 0 Å². The van der Waals surface area contributed by atoms with Crippen molar-refractivity contribution in [1.82, 2.24) is 4.90 Å². The standard InChI is InChI=1S/C17H25NO4/c1-20-15-9-13(10-16(11-15)21-2)17(19)4-6-18(7-5-17)14-3-8-22-12-14/h9-11,14,19H,3-8,12H2,1-2H3. The largest absolute Gasteiger partial charge is 0.497 e. The number of piperidine rings is 1. The number of likely N-dealkylation sites (tertiary alicyclic amines) is 1. The number of ether oxygens (including phenoxy) is 3. The molecule has 0 radical (unpaired) electrons. The minimum Gasteiger partial charge on any atom is -0.497 e. The molecule has 2 fully saturated rings. The molecule has 2 aliphatic rings. The van der Waals surface area contributed by atoms with E-state index in [1.54, 1.807) is 14.2 Å².